The van der Waals surface area contributed by atoms with Crippen LogP contribution in [0.1, 0.15) is 200 Å². The summed E-state index contributed by atoms with van der Waals surface area (Å²) in [5, 5.41) is 18.6. The van der Waals surface area contributed by atoms with E-state index in [1.807, 2.05) is 60.7 Å². The summed E-state index contributed by atoms with van der Waals surface area (Å²) in [6, 6.07) is 28.3. The average molecular weight is 1110 g/mol. The fourth-order valence-corrected chi connectivity index (χ4v) is 9.41. The van der Waals surface area contributed by atoms with Crippen molar-refractivity contribution in [2.24, 2.45) is 15.8 Å². The first-order valence-electron chi connectivity index (χ1n) is 27.8. The third-order valence-electron chi connectivity index (χ3n) is 14.6. The second-order valence-corrected chi connectivity index (χ2v) is 29.8. The zero-order valence-electron chi connectivity index (χ0n) is 52.0. The summed E-state index contributed by atoms with van der Waals surface area (Å²) in [6.07, 6.45) is 3.99. The summed E-state index contributed by atoms with van der Waals surface area (Å²) in [5.41, 5.74) is 14.4. The summed E-state index contributed by atoms with van der Waals surface area (Å²) in [6.45, 7) is 51.9. The topological polar surface area (TPSA) is 119 Å². The van der Waals surface area contributed by atoms with Crippen molar-refractivity contribution < 1.29 is 35.2 Å². The van der Waals surface area contributed by atoms with Crippen LogP contribution in [-0.4, -0.2) is 21.5 Å². The van der Waals surface area contributed by atoms with Crippen LogP contribution in [0.3, 0.4) is 0 Å². The van der Waals surface area contributed by atoms with Crippen LogP contribution in [-0.2, 0) is 53.8 Å². The van der Waals surface area contributed by atoms with E-state index in [2.05, 4.69) is 203 Å². The van der Waals surface area contributed by atoms with Gasteiger partial charge in [-0.05, 0) is 95.9 Å². The van der Waals surface area contributed by atoms with E-state index in [0.717, 1.165) is 66.7 Å². The molecule has 5 aromatic carbocycles. The molecule has 0 bridgehead atoms. The second-order valence-electron chi connectivity index (χ2n) is 29.8. The van der Waals surface area contributed by atoms with E-state index in [4.69, 9.17) is 29.1 Å². The van der Waals surface area contributed by atoms with Gasteiger partial charge >= 0.3 is 16.5 Å². The van der Waals surface area contributed by atoms with Gasteiger partial charge in [0, 0.05) is 22.3 Å². The number of para-hydroxylation sites is 2. The van der Waals surface area contributed by atoms with Crippen molar-refractivity contribution >= 4 is 50.8 Å². The molecule has 2 aromatic heterocycles. The maximum absolute atomic E-state index is 13.6. The van der Waals surface area contributed by atoms with E-state index in [1.165, 1.54) is 11.1 Å². The van der Waals surface area contributed by atoms with Gasteiger partial charge in [0.2, 0.25) is 17.6 Å². The molecule has 1 aliphatic carbocycles. The van der Waals surface area contributed by atoms with Gasteiger partial charge in [-0.1, -0.05) is 238 Å². The van der Waals surface area contributed by atoms with Crippen LogP contribution in [0.4, 0.5) is 17.1 Å². The Balaban J connectivity index is 0.000000252. The van der Waals surface area contributed by atoms with E-state index in [1.54, 1.807) is 0 Å². The van der Waals surface area contributed by atoms with Gasteiger partial charge in [0.05, 0.1) is 11.3 Å². The normalized spacial score (nSPS) is 14.7. The van der Waals surface area contributed by atoms with Crippen molar-refractivity contribution in [3.8, 4) is 28.7 Å². The molecule has 0 saturated heterocycles. The number of hydrogen-bond donors (Lipinski definition) is 0. The molecule has 8 rings (SSSR count). The zero-order valence-corrected chi connectivity index (χ0v) is 53.0. The minimum atomic E-state index is -0.295. The van der Waals surface area contributed by atoms with Gasteiger partial charge in [0.15, 0.2) is 11.2 Å². The Kier molecular flexibility index (Phi) is 16.9. The summed E-state index contributed by atoms with van der Waals surface area (Å²) in [7, 11) is 0. The number of hydrogen-bond acceptors (Lipinski definition) is 7. The maximum atomic E-state index is 13.6. The van der Waals surface area contributed by atoms with Crippen LogP contribution in [0.2, 0.25) is 0 Å². The number of ketones is 1. The summed E-state index contributed by atoms with van der Waals surface area (Å²) >= 11 is 0. The second kappa shape index (κ2) is 21.4. The quantitative estimate of drug-likeness (QED) is 0.125. The molecule has 0 N–H and O–H groups in total. The number of aliphatic imine (C=N–C) groups is 1. The van der Waals surface area contributed by atoms with E-state index >= 15 is 0 Å². The monoisotopic (exact) mass is 1110 g/mol. The molecule has 0 fully saturated rings. The Hall–Kier alpha value is -6.05. The number of allylic oxidation sites excluding steroid dienone is 4. The number of Topliss-reactive ketones (excluding diaryl/α,β-unsaturated/α-hetero) is 1. The van der Waals surface area contributed by atoms with Crippen molar-refractivity contribution in [2.45, 2.75) is 199 Å². The number of rotatable bonds is 5. The third-order valence-corrected chi connectivity index (χ3v) is 14.6. The molecule has 79 heavy (non-hydrogen) atoms. The van der Waals surface area contributed by atoms with Crippen molar-refractivity contribution in [1.82, 2.24) is 9.97 Å². The first-order chi connectivity index (χ1) is 35.5. The minimum absolute atomic E-state index is 0. The molecule has 0 amide bonds. The largest absolute Gasteiger partial charge is 2.00 e. The van der Waals surface area contributed by atoms with Gasteiger partial charge in [-0.25, -0.2) is 15.0 Å². The molecular formula is C70H88N4NiO4. The molecule has 0 spiro atoms. The van der Waals surface area contributed by atoms with Gasteiger partial charge < -0.3 is 19.3 Å². The third kappa shape index (κ3) is 13.8. The summed E-state index contributed by atoms with van der Waals surface area (Å²) < 4.78 is 13.0. The van der Waals surface area contributed by atoms with E-state index in [0.29, 0.717) is 34.6 Å². The first kappa shape index (κ1) is 62.2. The molecule has 422 valence electrons. The Bertz CT molecular complexity index is 3520. The number of carbonyl (C=O) groups excluding carboxylic acids is 1. The van der Waals surface area contributed by atoms with Crippen molar-refractivity contribution in [2.75, 3.05) is 0 Å². The standard InChI is InChI=1S/C35H45N2O2.C35H44N2O2.Ni/c2*1-32(2,3)21-17-24(34(7,8)9)29(38)27(19-21)36-26-16-14-13-15-23(26)31-37-28-20-22(33(4,5)6)18-25(30(28)39-31)35(10,11)12;/h13-20H,1-12H3,(H-,36,37,38);13-20H,1-12H3;/q-1;;+2/p-1. The first-order valence-corrected chi connectivity index (χ1v) is 27.8. The van der Waals surface area contributed by atoms with Crippen LogP contribution in [0, 0.1) is 10.8 Å². The molecule has 7 aromatic rings. The van der Waals surface area contributed by atoms with Crippen LogP contribution in [0.25, 0.3) is 50.4 Å². The summed E-state index contributed by atoms with van der Waals surface area (Å²) in [4.78, 5) is 28.5. The average Bonchev–Trinajstić information content (AvgIpc) is 3.99. The number of carbonyl (C=O) groups is 1. The molecule has 0 aliphatic heterocycles. The van der Waals surface area contributed by atoms with Crippen LogP contribution < -0.4 is 5.11 Å². The number of fused-ring (bicyclic) bond motifs is 2. The predicted molar refractivity (Wildman–Crippen MR) is 327 cm³/mol. The van der Waals surface area contributed by atoms with E-state index in [9.17, 15) is 9.90 Å². The Morgan fingerprint density at radius 3 is 1.32 bits per heavy atom. The molecule has 0 radical (unpaired) electrons. The Labute approximate surface area is 483 Å². The number of nitrogens with zero attached hydrogens (tertiary/aromatic N) is 4. The smallest absolute Gasteiger partial charge is 0.873 e. The zero-order chi connectivity index (χ0) is 58.3. The Morgan fingerprint density at radius 1 is 0.456 bits per heavy atom. The van der Waals surface area contributed by atoms with Crippen LogP contribution in [0.15, 0.2) is 122 Å². The fourth-order valence-electron chi connectivity index (χ4n) is 9.41. The van der Waals surface area contributed by atoms with Crippen molar-refractivity contribution in [3.63, 3.8) is 0 Å². The number of oxazole rings is 2. The predicted octanol–water partition coefficient (Wildman–Crippen LogP) is 19.8. The molecule has 9 heteroatoms. The van der Waals surface area contributed by atoms with E-state index < -0.39 is 0 Å². The van der Waals surface area contributed by atoms with Crippen molar-refractivity contribution in [1.29, 1.82) is 0 Å². The minimum Gasteiger partial charge on any atom is -0.873 e. The van der Waals surface area contributed by atoms with Crippen LogP contribution >= 0.6 is 0 Å². The van der Waals surface area contributed by atoms with Gasteiger partial charge in [-0.15, -0.1) is 17.1 Å². The molecule has 1 aliphatic rings. The molecule has 2 heterocycles. The number of aromatic nitrogens is 2. The fraction of sp³-hybridized carbons (Fsp3) is 0.457. The van der Waals surface area contributed by atoms with Crippen molar-refractivity contribution in [3.05, 3.63) is 147 Å². The number of benzene rings is 5. The van der Waals surface area contributed by atoms with Gasteiger partial charge in [-0.3, -0.25) is 4.79 Å². The van der Waals surface area contributed by atoms with E-state index in [-0.39, 0.29) is 71.3 Å². The van der Waals surface area contributed by atoms with Gasteiger partial charge in [0.25, 0.3) is 0 Å². The molecule has 0 unspecified atom stereocenters. The molecule has 0 atom stereocenters. The molecule has 8 nitrogen and oxygen atoms in total. The van der Waals surface area contributed by atoms with Gasteiger partial charge in [0.1, 0.15) is 16.7 Å². The molecule has 0 saturated carbocycles. The SMILES string of the molecule is CC(C)(C)C1=CC(=Nc2ccccc2-c2nc3cc(C(C)(C)C)cc(C(C)(C)C)c3o2)C(=O)C(C(C)(C)C)=C1.CC(C)(C)c1cc([N-]c2ccccc2-c2nc3cc(C(C)(C)C)cc(C(C)(C)C)c3o2)c([O-])c(C(C)(C)C)c1.[Ni+2]. The maximum Gasteiger partial charge on any atom is 2.00 e. The van der Waals surface area contributed by atoms with Crippen LogP contribution in [0.5, 0.6) is 5.75 Å². The summed E-state index contributed by atoms with van der Waals surface area (Å²) in [5.74, 6) is 0.952. The Morgan fingerprint density at radius 2 is 0.873 bits per heavy atom. The molecular weight excluding hydrogens is 1020 g/mol. The van der Waals surface area contributed by atoms with Gasteiger partial charge in [-0.2, -0.15) is 0 Å².